The molecule has 5 nitrogen and oxygen atoms in total. The standard InChI is InChI=1S/C23H26N2O3S/c1-6-16(3)25-22(26)21(14-17-13-19(27-4)11-12-20(17)28-5)29-23(25)24-18-9-7-15(2)8-10-18/h7-14,16H,6H2,1-5H3/b21-14+,24-23?/t16-/m0/s1. The van der Waals surface area contributed by atoms with Crippen molar-refractivity contribution in [3.05, 3.63) is 58.5 Å². The molecule has 29 heavy (non-hydrogen) atoms. The summed E-state index contributed by atoms with van der Waals surface area (Å²) in [5.74, 6) is 1.35. The molecule has 3 rings (SSSR count). The van der Waals surface area contributed by atoms with Crippen molar-refractivity contribution in [3.8, 4) is 11.5 Å². The molecule has 1 fully saturated rings. The Kier molecular flexibility index (Phi) is 6.64. The highest BCUT2D eigenvalue weighted by Crippen LogP contribution is 2.37. The number of nitrogens with zero attached hydrogens (tertiary/aromatic N) is 2. The van der Waals surface area contributed by atoms with Crippen LogP contribution in [0.25, 0.3) is 6.08 Å². The van der Waals surface area contributed by atoms with Crippen molar-refractivity contribution in [1.29, 1.82) is 0 Å². The summed E-state index contributed by atoms with van der Waals surface area (Å²) in [7, 11) is 3.23. The summed E-state index contributed by atoms with van der Waals surface area (Å²) in [6.07, 6.45) is 2.69. The zero-order chi connectivity index (χ0) is 21.0. The second-order valence-electron chi connectivity index (χ2n) is 6.88. The summed E-state index contributed by atoms with van der Waals surface area (Å²) in [6, 6.07) is 13.6. The van der Waals surface area contributed by atoms with Crippen LogP contribution in [0.1, 0.15) is 31.4 Å². The average Bonchev–Trinajstić information content (AvgIpc) is 3.03. The first-order valence-electron chi connectivity index (χ1n) is 9.57. The van der Waals surface area contributed by atoms with Crippen molar-refractivity contribution in [3.63, 3.8) is 0 Å². The molecule has 1 heterocycles. The van der Waals surface area contributed by atoms with Gasteiger partial charge in [-0.1, -0.05) is 24.6 Å². The number of amidine groups is 1. The zero-order valence-electron chi connectivity index (χ0n) is 17.4. The monoisotopic (exact) mass is 410 g/mol. The fourth-order valence-corrected chi connectivity index (χ4v) is 4.04. The topological polar surface area (TPSA) is 51.1 Å². The minimum absolute atomic E-state index is 0.0416. The predicted molar refractivity (Wildman–Crippen MR) is 120 cm³/mol. The molecule has 0 saturated carbocycles. The van der Waals surface area contributed by atoms with Crippen molar-refractivity contribution < 1.29 is 14.3 Å². The normalized spacial score (nSPS) is 17.8. The van der Waals surface area contributed by atoms with E-state index in [0.717, 1.165) is 17.7 Å². The van der Waals surface area contributed by atoms with Crippen molar-refractivity contribution in [2.75, 3.05) is 14.2 Å². The van der Waals surface area contributed by atoms with Crippen molar-refractivity contribution in [2.24, 2.45) is 4.99 Å². The number of thioether (sulfide) groups is 1. The molecule has 1 aliphatic heterocycles. The molecule has 1 aliphatic rings. The van der Waals surface area contributed by atoms with Crippen LogP contribution in [-0.2, 0) is 4.79 Å². The molecule has 2 aromatic carbocycles. The minimum atomic E-state index is -0.0416. The van der Waals surface area contributed by atoms with E-state index >= 15 is 0 Å². The highest BCUT2D eigenvalue weighted by molar-refractivity contribution is 8.18. The maximum Gasteiger partial charge on any atom is 0.267 e. The van der Waals surface area contributed by atoms with Crippen molar-refractivity contribution in [1.82, 2.24) is 4.90 Å². The Bertz CT molecular complexity index is 951. The Balaban J connectivity index is 2.02. The summed E-state index contributed by atoms with van der Waals surface area (Å²) in [4.78, 5) is 20.4. The summed E-state index contributed by atoms with van der Waals surface area (Å²) in [5, 5.41) is 0.696. The average molecular weight is 411 g/mol. The van der Waals surface area contributed by atoms with Gasteiger partial charge in [-0.05, 0) is 68.4 Å². The number of carbonyl (C=O) groups excluding carboxylic acids is 1. The van der Waals surface area contributed by atoms with Crippen LogP contribution in [0.5, 0.6) is 11.5 Å². The van der Waals surface area contributed by atoms with Gasteiger partial charge in [0.05, 0.1) is 24.8 Å². The molecule has 0 radical (unpaired) electrons. The highest BCUT2D eigenvalue weighted by atomic mass is 32.2. The Labute approximate surface area is 176 Å². The van der Waals surface area contributed by atoms with E-state index < -0.39 is 0 Å². The fourth-order valence-electron chi connectivity index (χ4n) is 2.96. The van der Waals surface area contributed by atoms with Gasteiger partial charge in [0.15, 0.2) is 5.17 Å². The molecule has 6 heteroatoms. The molecule has 1 atom stereocenters. The summed E-state index contributed by atoms with van der Waals surface area (Å²) < 4.78 is 10.8. The maximum absolute atomic E-state index is 13.2. The molecule has 0 aromatic heterocycles. The van der Waals surface area contributed by atoms with E-state index in [1.54, 1.807) is 19.1 Å². The lowest BCUT2D eigenvalue weighted by atomic mass is 10.1. The van der Waals surface area contributed by atoms with E-state index in [9.17, 15) is 4.79 Å². The first-order chi connectivity index (χ1) is 14.0. The van der Waals surface area contributed by atoms with Crippen LogP contribution in [0.3, 0.4) is 0 Å². The number of carbonyl (C=O) groups is 1. The first kappa shape index (κ1) is 21.0. The quantitative estimate of drug-likeness (QED) is 0.597. The number of aryl methyl sites for hydroxylation is 1. The van der Waals surface area contributed by atoms with Crippen LogP contribution >= 0.6 is 11.8 Å². The molecule has 1 saturated heterocycles. The minimum Gasteiger partial charge on any atom is -0.497 e. The lowest BCUT2D eigenvalue weighted by Gasteiger charge is -2.22. The van der Waals surface area contributed by atoms with Gasteiger partial charge in [-0.2, -0.15) is 0 Å². The lowest BCUT2D eigenvalue weighted by molar-refractivity contribution is -0.123. The number of ether oxygens (including phenoxy) is 2. The number of hydrogen-bond acceptors (Lipinski definition) is 5. The number of hydrogen-bond donors (Lipinski definition) is 0. The molecular weight excluding hydrogens is 384 g/mol. The van der Waals surface area contributed by atoms with Crippen LogP contribution in [0.15, 0.2) is 52.4 Å². The third-order valence-corrected chi connectivity index (χ3v) is 5.83. The lowest BCUT2D eigenvalue weighted by Crippen LogP contribution is -2.36. The highest BCUT2D eigenvalue weighted by Gasteiger charge is 2.36. The fraction of sp³-hybridized carbons (Fsp3) is 0.304. The summed E-state index contributed by atoms with van der Waals surface area (Å²) >= 11 is 1.39. The smallest absolute Gasteiger partial charge is 0.267 e. The molecule has 0 aliphatic carbocycles. The van der Waals surface area contributed by atoms with E-state index in [2.05, 4.69) is 6.92 Å². The van der Waals surface area contributed by atoms with Crippen LogP contribution in [0.4, 0.5) is 5.69 Å². The predicted octanol–water partition coefficient (Wildman–Crippen LogP) is 5.41. The molecule has 1 amide bonds. The van der Waals surface area contributed by atoms with Crippen molar-refractivity contribution in [2.45, 2.75) is 33.2 Å². The maximum atomic E-state index is 13.2. The molecule has 152 valence electrons. The van der Waals surface area contributed by atoms with Crippen LogP contribution < -0.4 is 9.47 Å². The van der Waals surface area contributed by atoms with Gasteiger partial charge in [0.2, 0.25) is 0 Å². The Morgan fingerprint density at radius 1 is 1.14 bits per heavy atom. The molecule has 0 bridgehead atoms. The SMILES string of the molecule is CC[C@H](C)N1C(=O)/C(=C\c2cc(OC)ccc2OC)SC1=Nc1ccc(C)cc1. The number of rotatable bonds is 6. The molecule has 2 aromatic rings. The van der Waals surface area contributed by atoms with Crippen LogP contribution in [0.2, 0.25) is 0 Å². The number of aliphatic imine (C=N–C) groups is 1. The number of amides is 1. The van der Waals surface area contributed by atoms with Gasteiger partial charge in [-0.3, -0.25) is 9.69 Å². The van der Waals surface area contributed by atoms with Gasteiger partial charge < -0.3 is 9.47 Å². The second kappa shape index (κ2) is 9.18. The number of methoxy groups -OCH3 is 2. The van der Waals surface area contributed by atoms with Gasteiger partial charge in [0.1, 0.15) is 11.5 Å². The van der Waals surface area contributed by atoms with E-state index in [0.29, 0.717) is 21.6 Å². The van der Waals surface area contributed by atoms with Gasteiger partial charge in [-0.15, -0.1) is 0 Å². The van der Waals surface area contributed by atoms with Crippen LogP contribution in [0, 0.1) is 6.92 Å². The third-order valence-electron chi connectivity index (χ3n) is 4.85. The van der Waals surface area contributed by atoms with Gasteiger partial charge in [-0.25, -0.2) is 4.99 Å². The van der Waals surface area contributed by atoms with Gasteiger partial charge in [0.25, 0.3) is 5.91 Å². The Hall–Kier alpha value is -2.73. The summed E-state index contributed by atoms with van der Waals surface area (Å²) in [5.41, 5.74) is 2.80. The van der Waals surface area contributed by atoms with E-state index in [-0.39, 0.29) is 11.9 Å². The Morgan fingerprint density at radius 3 is 2.48 bits per heavy atom. The zero-order valence-corrected chi connectivity index (χ0v) is 18.2. The van der Waals surface area contributed by atoms with E-state index in [4.69, 9.17) is 14.5 Å². The van der Waals surface area contributed by atoms with E-state index in [1.165, 1.54) is 17.3 Å². The van der Waals surface area contributed by atoms with Gasteiger partial charge in [0, 0.05) is 11.6 Å². The van der Waals surface area contributed by atoms with E-state index in [1.807, 2.05) is 62.4 Å². The largest absolute Gasteiger partial charge is 0.497 e. The second-order valence-corrected chi connectivity index (χ2v) is 7.89. The molecule has 0 N–H and O–H groups in total. The molecule has 0 unspecified atom stereocenters. The first-order valence-corrected chi connectivity index (χ1v) is 10.4. The number of benzene rings is 2. The third kappa shape index (κ3) is 4.65. The molecular formula is C23H26N2O3S. The van der Waals surface area contributed by atoms with Crippen molar-refractivity contribution >= 4 is 34.6 Å². The Morgan fingerprint density at radius 2 is 1.86 bits per heavy atom. The molecule has 0 spiro atoms. The van der Waals surface area contributed by atoms with Crippen LogP contribution in [-0.4, -0.2) is 36.2 Å². The summed E-state index contributed by atoms with van der Waals surface area (Å²) in [6.45, 7) is 6.15. The van der Waals surface area contributed by atoms with Gasteiger partial charge >= 0.3 is 0 Å².